The molecule has 6 nitrogen and oxygen atoms in total. The van der Waals surface area contributed by atoms with Gasteiger partial charge >= 0.3 is 0 Å². The van der Waals surface area contributed by atoms with Crippen molar-refractivity contribution in [2.24, 2.45) is 0 Å². The lowest BCUT2D eigenvalue weighted by Crippen LogP contribution is -2.23. The molecule has 1 N–H and O–H groups in total. The third-order valence-corrected chi connectivity index (χ3v) is 5.82. The maximum Gasteiger partial charge on any atom is 0.269 e. The number of halogens is 1. The number of pyridine rings is 2. The summed E-state index contributed by atoms with van der Waals surface area (Å²) in [6, 6.07) is 26.2. The Morgan fingerprint density at radius 3 is 2.50 bits per heavy atom. The lowest BCUT2D eigenvalue weighted by Gasteiger charge is -2.10. The van der Waals surface area contributed by atoms with Crippen LogP contribution >= 0.6 is 12.4 Å². The van der Waals surface area contributed by atoms with Crippen molar-refractivity contribution in [2.75, 3.05) is 6.54 Å². The second-order valence-corrected chi connectivity index (χ2v) is 8.26. The van der Waals surface area contributed by atoms with E-state index in [4.69, 9.17) is 9.72 Å². The number of nitrogens with one attached hydrogen (secondary N) is 1. The Balaban J connectivity index is 0.00000304. The molecule has 0 fully saturated rings. The van der Waals surface area contributed by atoms with Gasteiger partial charge in [0.15, 0.2) is 11.4 Å². The average Bonchev–Trinajstić information content (AvgIpc) is 3.24. The Bertz CT molecular complexity index is 1480. The molecule has 5 aromatic rings. The minimum absolute atomic E-state index is 0. The Kier molecular flexibility index (Phi) is 7.66. The molecule has 0 aliphatic heterocycles. The van der Waals surface area contributed by atoms with Crippen molar-refractivity contribution < 1.29 is 9.53 Å². The molecule has 0 aliphatic rings. The molecule has 0 atom stereocenters. The molecule has 0 saturated heterocycles. The van der Waals surface area contributed by atoms with Gasteiger partial charge in [-0.15, -0.1) is 12.4 Å². The Labute approximate surface area is 216 Å². The number of aryl methyl sites for hydroxylation is 1. The van der Waals surface area contributed by atoms with Crippen molar-refractivity contribution in [3.05, 3.63) is 108 Å². The molecule has 0 radical (unpaired) electrons. The van der Waals surface area contributed by atoms with Gasteiger partial charge in [0.2, 0.25) is 0 Å². The highest BCUT2D eigenvalue weighted by Gasteiger charge is 2.16. The smallest absolute Gasteiger partial charge is 0.269 e. The van der Waals surface area contributed by atoms with Crippen LogP contribution in [0.15, 0.2) is 91.3 Å². The van der Waals surface area contributed by atoms with Crippen LogP contribution in [0.1, 0.15) is 28.7 Å². The molecule has 5 rings (SSSR count). The van der Waals surface area contributed by atoms with Gasteiger partial charge in [-0.05, 0) is 60.9 Å². The Hall–Kier alpha value is -4.16. The first-order valence-corrected chi connectivity index (χ1v) is 11.6. The molecule has 2 aromatic carbocycles. The third-order valence-electron chi connectivity index (χ3n) is 5.82. The van der Waals surface area contributed by atoms with Gasteiger partial charge in [-0.25, -0.2) is 4.98 Å². The quantitative estimate of drug-likeness (QED) is 0.293. The summed E-state index contributed by atoms with van der Waals surface area (Å²) in [5.41, 5.74) is 7.23. The fourth-order valence-corrected chi connectivity index (χ4v) is 4.17. The number of fused-ring (bicyclic) bond motifs is 1. The van der Waals surface area contributed by atoms with Crippen LogP contribution in [-0.2, 0) is 6.61 Å². The minimum atomic E-state index is -0.180. The zero-order chi connectivity index (χ0) is 24.2. The number of hydrogen-bond acceptors (Lipinski definition) is 4. The lowest BCUT2D eigenvalue weighted by molar-refractivity contribution is 0.0951. The number of nitrogens with zero attached hydrogens (tertiary/aromatic N) is 3. The van der Waals surface area contributed by atoms with Gasteiger partial charge in [-0.1, -0.05) is 48.5 Å². The van der Waals surface area contributed by atoms with E-state index in [2.05, 4.69) is 46.7 Å². The molecule has 3 aromatic heterocycles. The van der Waals surface area contributed by atoms with E-state index < -0.39 is 0 Å². The maximum atomic E-state index is 12.0. The van der Waals surface area contributed by atoms with Crippen molar-refractivity contribution in [3.63, 3.8) is 0 Å². The molecule has 1 amide bonds. The highest BCUT2D eigenvalue weighted by molar-refractivity contribution is 5.92. The number of hydrogen-bond donors (Lipinski definition) is 1. The molecular weight excluding hydrogens is 472 g/mol. The fourth-order valence-electron chi connectivity index (χ4n) is 4.17. The van der Waals surface area contributed by atoms with Crippen molar-refractivity contribution in [3.8, 4) is 28.1 Å². The summed E-state index contributed by atoms with van der Waals surface area (Å²) in [4.78, 5) is 21.2. The van der Waals surface area contributed by atoms with Crippen LogP contribution in [0.25, 0.3) is 28.0 Å². The standard InChI is InChI=1S/C29H26N4O2.ClH/c1-3-30-29(34)25-15-14-24(18-31-25)27-20(2)32-28-26(13-8-16-33(27)28)35-19-21-9-7-12-23(17-21)22-10-5-4-6-11-22;/h4-18H,3,19H2,1-2H3,(H,30,34);1H. The number of aromatic nitrogens is 3. The van der Waals surface area contributed by atoms with Crippen LogP contribution in [-0.4, -0.2) is 26.8 Å². The lowest BCUT2D eigenvalue weighted by atomic mass is 10.0. The summed E-state index contributed by atoms with van der Waals surface area (Å²) >= 11 is 0. The molecular formula is C29H27ClN4O2. The van der Waals surface area contributed by atoms with E-state index in [0.29, 0.717) is 24.6 Å². The van der Waals surface area contributed by atoms with Crippen molar-refractivity contribution in [1.82, 2.24) is 19.7 Å². The molecule has 0 aliphatic carbocycles. The van der Waals surface area contributed by atoms with Gasteiger partial charge < -0.3 is 10.1 Å². The first-order valence-electron chi connectivity index (χ1n) is 11.6. The predicted octanol–water partition coefficient (Wildman–Crippen LogP) is 6.12. The number of carbonyl (C=O) groups is 1. The third kappa shape index (κ3) is 5.09. The van der Waals surface area contributed by atoms with Gasteiger partial charge in [-0.3, -0.25) is 14.2 Å². The summed E-state index contributed by atoms with van der Waals surface area (Å²) in [7, 11) is 0. The van der Waals surface area contributed by atoms with Crippen molar-refractivity contribution in [2.45, 2.75) is 20.5 Å². The minimum Gasteiger partial charge on any atom is -0.485 e. The van der Waals surface area contributed by atoms with E-state index in [-0.39, 0.29) is 18.3 Å². The monoisotopic (exact) mass is 498 g/mol. The molecule has 182 valence electrons. The maximum absolute atomic E-state index is 12.0. The van der Waals surface area contributed by atoms with Crippen molar-refractivity contribution in [1.29, 1.82) is 0 Å². The van der Waals surface area contributed by atoms with E-state index in [0.717, 1.165) is 33.7 Å². The number of carbonyl (C=O) groups excluding carboxylic acids is 1. The zero-order valence-electron chi connectivity index (χ0n) is 20.1. The number of rotatable bonds is 7. The van der Waals surface area contributed by atoms with E-state index in [9.17, 15) is 4.79 Å². The summed E-state index contributed by atoms with van der Waals surface area (Å²) < 4.78 is 8.23. The number of imidazole rings is 1. The molecule has 7 heteroatoms. The largest absolute Gasteiger partial charge is 0.485 e. The number of benzene rings is 2. The van der Waals surface area contributed by atoms with E-state index in [1.807, 2.05) is 60.8 Å². The first kappa shape index (κ1) is 24.9. The van der Waals surface area contributed by atoms with Crippen LogP contribution < -0.4 is 10.1 Å². The average molecular weight is 499 g/mol. The van der Waals surface area contributed by atoms with Gasteiger partial charge in [0, 0.05) is 24.5 Å². The highest BCUT2D eigenvalue weighted by atomic mass is 35.5. The highest BCUT2D eigenvalue weighted by Crippen LogP contribution is 2.29. The van der Waals surface area contributed by atoms with Crippen LogP contribution in [0.3, 0.4) is 0 Å². The van der Waals surface area contributed by atoms with Crippen LogP contribution in [0.2, 0.25) is 0 Å². The van der Waals surface area contributed by atoms with E-state index >= 15 is 0 Å². The first-order chi connectivity index (χ1) is 17.1. The van der Waals surface area contributed by atoms with Crippen molar-refractivity contribution >= 4 is 24.0 Å². The van der Waals surface area contributed by atoms with Gasteiger partial charge in [-0.2, -0.15) is 0 Å². The Morgan fingerprint density at radius 1 is 0.944 bits per heavy atom. The van der Waals surface area contributed by atoms with Gasteiger partial charge in [0.25, 0.3) is 5.91 Å². The summed E-state index contributed by atoms with van der Waals surface area (Å²) in [6.07, 6.45) is 3.68. The normalized spacial score (nSPS) is 10.6. The van der Waals surface area contributed by atoms with Crippen LogP contribution in [0.5, 0.6) is 5.75 Å². The molecule has 36 heavy (non-hydrogen) atoms. The summed E-state index contributed by atoms with van der Waals surface area (Å²) in [5.74, 6) is 0.528. The predicted molar refractivity (Wildman–Crippen MR) is 145 cm³/mol. The molecule has 3 heterocycles. The second kappa shape index (κ2) is 11.1. The van der Waals surface area contributed by atoms with Gasteiger partial charge in [0.1, 0.15) is 12.3 Å². The second-order valence-electron chi connectivity index (χ2n) is 8.26. The molecule has 0 spiro atoms. The summed E-state index contributed by atoms with van der Waals surface area (Å²) in [5, 5.41) is 2.77. The Morgan fingerprint density at radius 2 is 1.75 bits per heavy atom. The number of ether oxygens (including phenoxy) is 1. The molecule has 0 saturated carbocycles. The van der Waals surface area contributed by atoms with Crippen LogP contribution in [0.4, 0.5) is 0 Å². The molecule has 0 unspecified atom stereocenters. The van der Waals surface area contributed by atoms with E-state index in [1.54, 1.807) is 12.3 Å². The topological polar surface area (TPSA) is 68.5 Å². The van der Waals surface area contributed by atoms with Gasteiger partial charge in [0.05, 0.1) is 11.4 Å². The molecule has 0 bridgehead atoms. The zero-order valence-corrected chi connectivity index (χ0v) is 21.0. The SMILES string of the molecule is CCNC(=O)c1ccc(-c2c(C)nc3c(OCc4cccc(-c5ccccc5)c4)cccn23)cn1.Cl. The van der Waals surface area contributed by atoms with Crippen LogP contribution in [0, 0.1) is 6.92 Å². The van der Waals surface area contributed by atoms with E-state index in [1.165, 1.54) is 5.56 Å². The summed E-state index contributed by atoms with van der Waals surface area (Å²) in [6.45, 7) is 4.85. The fraction of sp³-hybridized carbons (Fsp3) is 0.138. The number of amides is 1.